The van der Waals surface area contributed by atoms with Crippen molar-refractivity contribution in [3.63, 3.8) is 0 Å². The van der Waals surface area contributed by atoms with Gasteiger partial charge in [0, 0.05) is 12.5 Å². The van der Waals surface area contributed by atoms with Crippen molar-refractivity contribution < 1.29 is 14.3 Å². The first-order chi connectivity index (χ1) is 9.52. The van der Waals surface area contributed by atoms with Crippen LogP contribution in [0.3, 0.4) is 0 Å². The Morgan fingerprint density at radius 3 is 2.40 bits per heavy atom. The van der Waals surface area contributed by atoms with E-state index < -0.39 is 0 Å². The summed E-state index contributed by atoms with van der Waals surface area (Å²) in [6, 6.07) is 8.36. The first-order valence-corrected chi connectivity index (χ1v) is 7.09. The van der Waals surface area contributed by atoms with Crippen molar-refractivity contribution >= 4 is 5.97 Å². The number of rotatable bonds is 8. The van der Waals surface area contributed by atoms with Crippen molar-refractivity contribution in [2.24, 2.45) is 0 Å². The van der Waals surface area contributed by atoms with E-state index >= 15 is 0 Å². The van der Waals surface area contributed by atoms with Crippen molar-refractivity contribution in [1.82, 2.24) is 5.32 Å². The van der Waals surface area contributed by atoms with Gasteiger partial charge in [0.05, 0.1) is 13.2 Å². The van der Waals surface area contributed by atoms with Crippen LogP contribution >= 0.6 is 0 Å². The van der Waals surface area contributed by atoms with Gasteiger partial charge in [0.25, 0.3) is 0 Å². The number of hydrogen-bond acceptors (Lipinski definition) is 4. The highest BCUT2D eigenvalue weighted by atomic mass is 16.5. The molecular formula is C16H25NO3. The lowest BCUT2D eigenvalue weighted by Gasteiger charge is -2.15. The summed E-state index contributed by atoms with van der Waals surface area (Å²) in [6.45, 7) is 6.93. The van der Waals surface area contributed by atoms with Crippen LogP contribution in [0.25, 0.3) is 0 Å². The van der Waals surface area contributed by atoms with Crippen LogP contribution in [0.1, 0.15) is 45.2 Å². The summed E-state index contributed by atoms with van der Waals surface area (Å²) in [5.41, 5.74) is 1.21. The zero-order chi connectivity index (χ0) is 15.0. The van der Waals surface area contributed by atoms with Crippen molar-refractivity contribution in [2.45, 2.75) is 45.8 Å². The van der Waals surface area contributed by atoms with Gasteiger partial charge < -0.3 is 14.8 Å². The molecule has 0 fully saturated rings. The van der Waals surface area contributed by atoms with E-state index in [1.807, 2.05) is 26.0 Å². The molecule has 1 atom stereocenters. The van der Waals surface area contributed by atoms with E-state index in [4.69, 9.17) is 4.74 Å². The summed E-state index contributed by atoms with van der Waals surface area (Å²) < 4.78 is 10.2. The van der Waals surface area contributed by atoms with Gasteiger partial charge in [-0.3, -0.25) is 4.79 Å². The first kappa shape index (κ1) is 16.5. The molecule has 1 rings (SSSR count). The molecule has 1 unspecified atom stereocenters. The highest BCUT2D eigenvalue weighted by Crippen LogP contribution is 2.18. The van der Waals surface area contributed by atoms with Gasteiger partial charge >= 0.3 is 5.97 Å². The molecule has 0 amide bonds. The number of esters is 1. The Morgan fingerprint density at radius 1 is 1.20 bits per heavy atom. The molecule has 0 aliphatic carbocycles. The van der Waals surface area contributed by atoms with Crippen LogP contribution in [0.15, 0.2) is 24.3 Å². The van der Waals surface area contributed by atoms with E-state index in [9.17, 15) is 4.79 Å². The fourth-order valence-electron chi connectivity index (χ4n) is 1.88. The van der Waals surface area contributed by atoms with Crippen molar-refractivity contribution in [3.8, 4) is 5.75 Å². The fourth-order valence-corrected chi connectivity index (χ4v) is 1.88. The Morgan fingerprint density at radius 2 is 1.85 bits per heavy atom. The Bertz CT molecular complexity index is 401. The number of hydrogen-bond donors (Lipinski definition) is 1. The molecule has 0 radical (unpaired) electrons. The smallest absolute Gasteiger partial charge is 0.305 e. The molecule has 0 aromatic heterocycles. The second kappa shape index (κ2) is 8.59. The summed E-state index contributed by atoms with van der Waals surface area (Å²) in [5, 5.41) is 3.39. The lowest BCUT2D eigenvalue weighted by atomic mass is 10.1. The van der Waals surface area contributed by atoms with E-state index in [0.29, 0.717) is 6.42 Å². The minimum atomic E-state index is -0.158. The molecule has 0 saturated heterocycles. The molecule has 1 aromatic rings. The molecule has 4 heteroatoms. The highest BCUT2D eigenvalue weighted by molar-refractivity contribution is 5.69. The molecule has 1 N–H and O–H groups in total. The summed E-state index contributed by atoms with van der Waals surface area (Å²) in [4.78, 5) is 11.0. The van der Waals surface area contributed by atoms with Gasteiger partial charge in [-0.25, -0.2) is 0 Å². The van der Waals surface area contributed by atoms with Crippen LogP contribution in [-0.2, 0) is 9.53 Å². The molecule has 0 saturated carbocycles. The van der Waals surface area contributed by atoms with E-state index in [-0.39, 0.29) is 18.1 Å². The molecule has 1 aromatic carbocycles. The molecule has 4 nitrogen and oxygen atoms in total. The van der Waals surface area contributed by atoms with Gasteiger partial charge in [0.1, 0.15) is 5.75 Å². The zero-order valence-electron chi connectivity index (χ0n) is 12.8. The number of carbonyl (C=O) groups excluding carboxylic acids is 1. The summed E-state index contributed by atoms with van der Waals surface area (Å²) in [5.74, 6) is 0.733. The fraction of sp³-hybridized carbons (Fsp3) is 0.562. The minimum Gasteiger partial charge on any atom is -0.491 e. The lowest BCUT2D eigenvalue weighted by molar-refractivity contribution is -0.140. The van der Waals surface area contributed by atoms with Gasteiger partial charge in [0.15, 0.2) is 0 Å². The average Bonchev–Trinajstić information content (AvgIpc) is 2.43. The summed E-state index contributed by atoms with van der Waals surface area (Å²) >= 11 is 0. The maximum Gasteiger partial charge on any atom is 0.305 e. The summed E-state index contributed by atoms with van der Waals surface area (Å²) in [7, 11) is 1.42. The number of carbonyl (C=O) groups is 1. The number of ether oxygens (including phenoxy) is 2. The van der Waals surface area contributed by atoms with Crippen LogP contribution < -0.4 is 10.1 Å². The molecular weight excluding hydrogens is 254 g/mol. The first-order valence-electron chi connectivity index (χ1n) is 7.09. The quantitative estimate of drug-likeness (QED) is 0.587. The Hall–Kier alpha value is -1.55. The van der Waals surface area contributed by atoms with Gasteiger partial charge in [-0.2, -0.15) is 0 Å². The molecule has 0 heterocycles. The second-order valence-electron chi connectivity index (χ2n) is 5.09. The maximum atomic E-state index is 11.0. The van der Waals surface area contributed by atoms with Crippen LogP contribution in [0.5, 0.6) is 5.75 Å². The second-order valence-corrected chi connectivity index (χ2v) is 5.09. The van der Waals surface area contributed by atoms with E-state index in [1.165, 1.54) is 12.7 Å². The Kier molecular flexibility index (Phi) is 7.09. The molecule has 0 aliphatic heterocycles. The monoisotopic (exact) mass is 279 g/mol. The third kappa shape index (κ3) is 6.06. The number of methoxy groups -OCH3 is 1. The SMILES string of the molecule is COC(=O)CCCNC(C)c1ccc(OC(C)C)cc1. The highest BCUT2D eigenvalue weighted by Gasteiger charge is 2.06. The third-order valence-corrected chi connectivity index (χ3v) is 2.99. The molecule has 0 bridgehead atoms. The normalized spacial score (nSPS) is 12.2. The van der Waals surface area contributed by atoms with Gasteiger partial charge in [-0.15, -0.1) is 0 Å². The van der Waals surface area contributed by atoms with Gasteiger partial charge in [0.2, 0.25) is 0 Å². The average molecular weight is 279 g/mol. The van der Waals surface area contributed by atoms with E-state index in [1.54, 1.807) is 0 Å². The predicted octanol–water partition coefficient (Wildman–Crippen LogP) is 3.08. The van der Waals surface area contributed by atoms with Gasteiger partial charge in [-0.05, 0) is 51.4 Å². The van der Waals surface area contributed by atoms with Crippen LogP contribution in [0.2, 0.25) is 0 Å². The van der Waals surface area contributed by atoms with Gasteiger partial charge in [-0.1, -0.05) is 12.1 Å². The number of benzene rings is 1. The topological polar surface area (TPSA) is 47.6 Å². The minimum absolute atomic E-state index is 0.158. The Labute approximate surface area is 121 Å². The molecule has 112 valence electrons. The van der Waals surface area contributed by atoms with Crippen molar-refractivity contribution in [1.29, 1.82) is 0 Å². The van der Waals surface area contributed by atoms with Crippen molar-refractivity contribution in [2.75, 3.05) is 13.7 Å². The number of nitrogens with one attached hydrogen (secondary N) is 1. The zero-order valence-corrected chi connectivity index (χ0v) is 12.8. The molecule has 20 heavy (non-hydrogen) atoms. The molecule has 0 aliphatic rings. The maximum absolute atomic E-state index is 11.0. The summed E-state index contributed by atoms with van der Waals surface area (Å²) in [6.07, 6.45) is 1.43. The van der Waals surface area contributed by atoms with E-state index in [0.717, 1.165) is 18.7 Å². The van der Waals surface area contributed by atoms with Crippen molar-refractivity contribution in [3.05, 3.63) is 29.8 Å². The van der Waals surface area contributed by atoms with E-state index in [2.05, 4.69) is 29.1 Å². The molecule has 0 spiro atoms. The van der Waals surface area contributed by atoms with Crippen LogP contribution in [-0.4, -0.2) is 25.7 Å². The predicted molar refractivity (Wildman–Crippen MR) is 79.9 cm³/mol. The van der Waals surface area contributed by atoms with Crippen LogP contribution in [0, 0.1) is 0 Å². The van der Waals surface area contributed by atoms with Crippen LogP contribution in [0.4, 0.5) is 0 Å². The Balaban J connectivity index is 2.35. The standard InChI is InChI=1S/C16H25NO3/c1-12(2)20-15-9-7-14(8-10-15)13(3)17-11-5-6-16(18)19-4/h7-10,12-13,17H,5-6,11H2,1-4H3. The third-order valence-electron chi connectivity index (χ3n) is 2.99. The lowest BCUT2D eigenvalue weighted by Crippen LogP contribution is -2.20. The largest absolute Gasteiger partial charge is 0.491 e.